The van der Waals surface area contributed by atoms with E-state index in [9.17, 15) is 14.0 Å². The first-order chi connectivity index (χ1) is 13.3. The second kappa shape index (κ2) is 8.04. The molecule has 0 spiro atoms. The van der Waals surface area contributed by atoms with Crippen LogP contribution in [0.1, 0.15) is 17.0 Å². The molecular weight excluding hydrogens is 381 g/mol. The number of carbonyl (C=O) groups excluding carboxylic acids is 2. The van der Waals surface area contributed by atoms with E-state index in [1.807, 2.05) is 19.9 Å². The fourth-order valence-electron chi connectivity index (χ4n) is 3.14. The summed E-state index contributed by atoms with van der Waals surface area (Å²) in [5.74, 6) is -1.54. The lowest BCUT2D eigenvalue weighted by Crippen LogP contribution is -2.54. The number of thiocarbonyl (C=S) groups is 1. The van der Waals surface area contributed by atoms with Crippen molar-refractivity contribution in [2.24, 2.45) is 0 Å². The molecule has 8 heteroatoms. The van der Waals surface area contributed by atoms with E-state index in [0.717, 1.165) is 17.0 Å². The number of nitrogens with zero attached hydrogens (tertiary/aromatic N) is 2. The van der Waals surface area contributed by atoms with Gasteiger partial charge in [0, 0.05) is 25.0 Å². The van der Waals surface area contributed by atoms with Gasteiger partial charge < -0.3 is 9.30 Å². The summed E-state index contributed by atoms with van der Waals surface area (Å²) in [4.78, 5) is 26.6. The lowest BCUT2D eigenvalue weighted by Gasteiger charge is -2.28. The van der Waals surface area contributed by atoms with E-state index in [0.29, 0.717) is 18.8 Å². The number of ether oxygens (including phenoxy) is 1. The minimum absolute atomic E-state index is 0.0371. The average Bonchev–Trinajstić information content (AvgIpc) is 2.91. The molecule has 1 aliphatic rings. The number of aromatic nitrogens is 1. The quantitative estimate of drug-likeness (QED) is 0.475. The molecule has 0 aliphatic carbocycles. The van der Waals surface area contributed by atoms with Crippen LogP contribution < -0.4 is 10.2 Å². The van der Waals surface area contributed by atoms with E-state index in [-0.39, 0.29) is 10.7 Å². The molecule has 0 atom stereocenters. The van der Waals surface area contributed by atoms with Crippen LogP contribution in [0, 0.1) is 19.7 Å². The van der Waals surface area contributed by atoms with Gasteiger partial charge in [-0.25, -0.2) is 4.39 Å². The van der Waals surface area contributed by atoms with E-state index in [4.69, 9.17) is 17.0 Å². The van der Waals surface area contributed by atoms with E-state index in [1.54, 1.807) is 13.2 Å². The highest BCUT2D eigenvalue weighted by atomic mass is 32.1. The Morgan fingerprint density at radius 2 is 1.89 bits per heavy atom. The maximum Gasteiger partial charge on any atom is 0.270 e. The number of amides is 2. The Balaban J connectivity index is 1.99. The maximum absolute atomic E-state index is 13.2. The Labute approximate surface area is 167 Å². The van der Waals surface area contributed by atoms with E-state index >= 15 is 0 Å². The molecule has 0 radical (unpaired) electrons. The van der Waals surface area contributed by atoms with Gasteiger partial charge in [0.2, 0.25) is 0 Å². The molecule has 1 aliphatic heterocycles. The van der Waals surface area contributed by atoms with Crippen LogP contribution in [0.2, 0.25) is 0 Å². The first kappa shape index (κ1) is 19.9. The molecule has 1 aromatic carbocycles. The van der Waals surface area contributed by atoms with E-state index < -0.39 is 17.6 Å². The molecule has 2 amide bonds. The van der Waals surface area contributed by atoms with Gasteiger partial charge >= 0.3 is 0 Å². The molecule has 0 unspecified atom stereocenters. The molecule has 1 fully saturated rings. The summed E-state index contributed by atoms with van der Waals surface area (Å²) in [5, 5.41) is 2.49. The lowest BCUT2D eigenvalue weighted by molar-refractivity contribution is -0.122. The van der Waals surface area contributed by atoms with Crippen LogP contribution in [0.5, 0.6) is 0 Å². The van der Waals surface area contributed by atoms with Crippen molar-refractivity contribution in [3.8, 4) is 0 Å². The highest BCUT2D eigenvalue weighted by Gasteiger charge is 2.34. The summed E-state index contributed by atoms with van der Waals surface area (Å²) >= 11 is 5.15. The number of carbonyl (C=O) groups is 2. The molecule has 2 aromatic rings. The van der Waals surface area contributed by atoms with Crippen molar-refractivity contribution in [1.82, 2.24) is 9.88 Å². The molecule has 1 saturated heterocycles. The highest BCUT2D eigenvalue weighted by Crippen LogP contribution is 2.24. The largest absolute Gasteiger partial charge is 0.383 e. The predicted octanol–water partition coefficient (Wildman–Crippen LogP) is 2.72. The molecular formula is C20H20FN3O3S. The predicted molar refractivity (Wildman–Crippen MR) is 108 cm³/mol. The molecule has 1 N–H and O–H groups in total. The van der Waals surface area contributed by atoms with Crippen LogP contribution in [0.15, 0.2) is 35.9 Å². The van der Waals surface area contributed by atoms with Crippen LogP contribution in [-0.2, 0) is 20.9 Å². The summed E-state index contributed by atoms with van der Waals surface area (Å²) in [7, 11) is 1.63. The monoisotopic (exact) mass is 401 g/mol. The molecule has 146 valence electrons. The summed E-state index contributed by atoms with van der Waals surface area (Å²) in [6.45, 7) is 5.09. The number of halogens is 1. The Morgan fingerprint density at radius 3 is 2.54 bits per heavy atom. The SMILES string of the molecule is COCCn1c(C)cc(/C=C2/C(=O)NC(=S)N(c3ccc(F)cc3)C2=O)c1C. The van der Waals surface area contributed by atoms with Gasteiger partial charge in [-0.05, 0) is 68.0 Å². The zero-order chi connectivity index (χ0) is 20.4. The van der Waals surface area contributed by atoms with Crippen molar-refractivity contribution in [2.75, 3.05) is 18.6 Å². The maximum atomic E-state index is 13.2. The second-order valence-corrected chi connectivity index (χ2v) is 6.79. The van der Waals surface area contributed by atoms with Crippen LogP contribution in [0.4, 0.5) is 10.1 Å². The number of rotatable bonds is 5. The topological polar surface area (TPSA) is 63.6 Å². The standard InChI is InChI=1S/C20H20FN3O3S/c1-12-10-14(13(2)23(12)8-9-27-3)11-17-18(25)22-20(28)24(19(17)26)16-6-4-15(21)5-7-16/h4-7,10-11H,8-9H2,1-3H3,(H,22,25,28)/b17-11-. The zero-order valence-electron chi connectivity index (χ0n) is 15.8. The zero-order valence-corrected chi connectivity index (χ0v) is 16.6. The number of aryl methyl sites for hydroxylation is 1. The van der Waals surface area contributed by atoms with Gasteiger partial charge in [-0.1, -0.05) is 0 Å². The van der Waals surface area contributed by atoms with Crippen molar-refractivity contribution in [1.29, 1.82) is 0 Å². The van der Waals surface area contributed by atoms with Gasteiger partial charge in [-0.15, -0.1) is 0 Å². The number of anilines is 1. The Morgan fingerprint density at radius 1 is 1.21 bits per heavy atom. The number of hydrogen-bond donors (Lipinski definition) is 1. The average molecular weight is 401 g/mol. The number of nitrogens with one attached hydrogen (secondary N) is 1. The van der Waals surface area contributed by atoms with Crippen LogP contribution in [-0.4, -0.2) is 35.2 Å². The van der Waals surface area contributed by atoms with Gasteiger partial charge in [0.05, 0.1) is 12.3 Å². The van der Waals surface area contributed by atoms with Crippen LogP contribution >= 0.6 is 12.2 Å². The second-order valence-electron chi connectivity index (χ2n) is 6.41. The van der Waals surface area contributed by atoms with Gasteiger partial charge in [0.1, 0.15) is 11.4 Å². The van der Waals surface area contributed by atoms with Gasteiger partial charge in [-0.2, -0.15) is 0 Å². The molecule has 28 heavy (non-hydrogen) atoms. The molecule has 1 aromatic heterocycles. The fraction of sp³-hybridized carbons (Fsp3) is 0.250. The van der Waals surface area contributed by atoms with Crippen molar-refractivity contribution in [2.45, 2.75) is 20.4 Å². The molecule has 0 saturated carbocycles. The summed E-state index contributed by atoms with van der Waals surface area (Å²) in [5.41, 5.74) is 3.02. The summed E-state index contributed by atoms with van der Waals surface area (Å²) < 4.78 is 20.4. The summed E-state index contributed by atoms with van der Waals surface area (Å²) in [6.07, 6.45) is 1.56. The highest BCUT2D eigenvalue weighted by molar-refractivity contribution is 7.80. The first-order valence-electron chi connectivity index (χ1n) is 8.66. The van der Waals surface area contributed by atoms with Gasteiger partial charge in [-0.3, -0.25) is 19.8 Å². The fourth-order valence-corrected chi connectivity index (χ4v) is 3.42. The molecule has 6 nitrogen and oxygen atoms in total. The first-order valence-corrected chi connectivity index (χ1v) is 9.07. The van der Waals surface area contributed by atoms with Crippen LogP contribution in [0.3, 0.4) is 0 Å². The molecule has 0 bridgehead atoms. The van der Waals surface area contributed by atoms with Crippen molar-refractivity contribution in [3.05, 3.63) is 58.7 Å². The molecule has 2 heterocycles. The minimum atomic E-state index is -0.560. The van der Waals surface area contributed by atoms with Gasteiger partial charge in [0.15, 0.2) is 5.11 Å². The van der Waals surface area contributed by atoms with Crippen molar-refractivity contribution >= 4 is 40.9 Å². The van der Waals surface area contributed by atoms with E-state index in [1.165, 1.54) is 29.2 Å². The third-order valence-corrected chi connectivity index (χ3v) is 4.90. The van der Waals surface area contributed by atoms with E-state index in [2.05, 4.69) is 9.88 Å². The smallest absolute Gasteiger partial charge is 0.270 e. The normalized spacial score (nSPS) is 16.1. The Hall–Kier alpha value is -2.84. The number of hydrogen-bond acceptors (Lipinski definition) is 4. The van der Waals surface area contributed by atoms with Crippen molar-refractivity contribution in [3.63, 3.8) is 0 Å². The third kappa shape index (κ3) is 3.74. The third-order valence-electron chi connectivity index (χ3n) is 4.62. The Kier molecular flexibility index (Phi) is 5.71. The van der Waals surface area contributed by atoms with Crippen LogP contribution in [0.25, 0.3) is 6.08 Å². The van der Waals surface area contributed by atoms with Gasteiger partial charge in [0.25, 0.3) is 11.8 Å². The summed E-state index contributed by atoms with van der Waals surface area (Å²) in [6, 6.07) is 7.24. The molecule has 3 rings (SSSR count). The number of methoxy groups -OCH3 is 1. The Bertz CT molecular complexity index is 979. The number of benzene rings is 1. The minimum Gasteiger partial charge on any atom is -0.383 e. The van der Waals surface area contributed by atoms with Crippen molar-refractivity contribution < 1.29 is 18.7 Å². The lowest BCUT2D eigenvalue weighted by atomic mass is 10.1.